The first-order chi connectivity index (χ1) is 7.29. The molecule has 0 fully saturated rings. The topological polar surface area (TPSA) is 18.0 Å². The fourth-order valence-electron chi connectivity index (χ4n) is 1.84. The van der Waals surface area contributed by atoms with E-state index in [9.17, 15) is 0 Å². The molecular weight excluding hydrogens is 188 g/mol. The van der Waals surface area contributed by atoms with Gasteiger partial charge in [-0.2, -0.15) is 0 Å². The average Bonchev–Trinajstić information content (AvgIpc) is 2.59. The molecule has 86 valence electrons. The molecule has 1 rings (SSSR count). The Hall–Kier alpha value is -0.830. The number of unbranched alkanes of at least 4 members (excludes halogenated alkanes) is 1. The Morgan fingerprint density at radius 2 is 2.13 bits per heavy atom. The normalized spacial score (nSPS) is 10.9. The molecule has 3 heteroatoms. The van der Waals surface area contributed by atoms with Crippen LogP contribution in [0.1, 0.15) is 32.5 Å². The summed E-state index contributed by atoms with van der Waals surface area (Å²) in [6.07, 6.45) is 7.73. The molecule has 0 saturated carbocycles. The van der Waals surface area contributed by atoms with Gasteiger partial charge in [0.2, 0.25) is 0 Å². The van der Waals surface area contributed by atoms with Crippen LogP contribution in [0.5, 0.6) is 0 Å². The van der Waals surface area contributed by atoms with Crippen molar-refractivity contribution in [3.8, 4) is 0 Å². The molecule has 3 nitrogen and oxygen atoms in total. The third-order valence-corrected chi connectivity index (χ3v) is 2.67. The van der Waals surface area contributed by atoms with Crippen LogP contribution in [-0.4, -0.2) is 17.8 Å². The second-order valence-corrected chi connectivity index (χ2v) is 3.78. The Balaban J connectivity index is 2.30. The van der Waals surface area contributed by atoms with Crippen molar-refractivity contribution in [2.45, 2.75) is 39.7 Å². The van der Waals surface area contributed by atoms with Gasteiger partial charge >= 0.3 is 0 Å². The second kappa shape index (κ2) is 6.62. The lowest BCUT2D eigenvalue weighted by Gasteiger charge is -2.02. The summed E-state index contributed by atoms with van der Waals surface area (Å²) in [4.78, 5) is 0. The molecule has 15 heavy (non-hydrogen) atoms. The van der Waals surface area contributed by atoms with Gasteiger partial charge in [-0.3, -0.25) is 0 Å². The van der Waals surface area contributed by atoms with Crippen LogP contribution >= 0.6 is 0 Å². The minimum absolute atomic E-state index is 0.832. The summed E-state index contributed by atoms with van der Waals surface area (Å²) >= 11 is 0. The summed E-state index contributed by atoms with van der Waals surface area (Å²) in [6.45, 7) is 7.08. The van der Waals surface area contributed by atoms with Gasteiger partial charge in [-0.25, -0.2) is 9.13 Å². The van der Waals surface area contributed by atoms with Gasteiger partial charge in [-0.05, 0) is 19.8 Å². The molecule has 0 bridgehead atoms. The van der Waals surface area contributed by atoms with Crippen molar-refractivity contribution in [2.75, 3.05) is 13.2 Å². The van der Waals surface area contributed by atoms with Gasteiger partial charge in [0, 0.05) is 19.6 Å². The molecule has 0 aromatic carbocycles. The van der Waals surface area contributed by atoms with E-state index in [0.717, 1.165) is 32.6 Å². The van der Waals surface area contributed by atoms with E-state index in [4.69, 9.17) is 4.74 Å². The molecule has 0 aliphatic carbocycles. The summed E-state index contributed by atoms with van der Waals surface area (Å²) in [6, 6.07) is 0. The Bertz CT molecular complexity index is 281. The number of nitrogens with zero attached hydrogens (tertiary/aromatic N) is 2. The maximum Gasteiger partial charge on any atom is 0.255 e. The molecule has 0 amide bonds. The molecule has 0 atom stereocenters. The molecule has 1 heterocycles. The molecule has 0 N–H and O–H groups in total. The lowest BCUT2D eigenvalue weighted by molar-refractivity contribution is -0.678. The number of imidazole rings is 1. The van der Waals surface area contributed by atoms with E-state index in [1.54, 1.807) is 0 Å². The van der Waals surface area contributed by atoms with Gasteiger partial charge in [0.25, 0.3) is 5.82 Å². The van der Waals surface area contributed by atoms with Gasteiger partial charge in [0.1, 0.15) is 12.4 Å². The lowest BCUT2D eigenvalue weighted by Crippen LogP contribution is -2.31. The number of rotatable bonds is 7. The summed E-state index contributed by atoms with van der Waals surface area (Å²) < 4.78 is 9.85. The molecule has 0 aliphatic rings. The van der Waals surface area contributed by atoms with Crippen LogP contribution in [0.15, 0.2) is 12.4 Å². The van der Waals surface area contributed by atoms with Crippen LogP contribution in [-0.2, 0) is 24.8 Å². The summed E-state index contributed by atoms with van der Waals surface area (Å²) in [7, 11) is 2.11. The molecular formula is C12H23N2O+. The Morgan fingerprint density at radius 1 is 1.33 bits per heavy atom. The van der Waals surface area contributed by atoms with Crippen LogP contribution in [0.4, 0.5) is 0 Å². The fourth-order valence-corrected chi connectivity index (χ4v) is 1.84. The van der Waals surface area contributed by atoms with Gasteiger partial charge in [0.05, 0.1) is 13.6 Å². The van der Waals surface area contributed by atoms with E-state index >= 15 is 0 Å². The molecule has 0 radical (unpaired) electrons. The van der Waals surface area contributed by atoms with Crippen molar-refractivity contribution >= 4 is 0 Å². The predicted molar refractivity (Wildman–Crippen MR) is 60.7 cm³/mol. The van der Waals surface area contributed by atoms with Crippen molar-refractivity contribution in [3.63, 3.8) is 0 Å². The van der Waals surface area contributed by atoms with Crippen molar-refractivity contribution in [3.05, 3.63) is 18.2 Å². The predicted octanol–water partition coefficient (Wildman–Crippen LogP) is 1.69. The first-order valence-corrected chi connectivity index (χ1v) is 5.91. The van der Waals surface area contributed by atoms with Crippen LogP contribution in [0.25, 0.3) is 0 Å². The third-order valence-electron chi connectivity index (χ3n) is 2.67. The van der Waals surface area contributed by atoms with Crippen LogP contribution in [0.2, 0.25) is 0 Å². The largest absolute Gasteiger partial charge is 0.382 e. The van der Waals surface area contributed by atoms with Crippen molar-refractivity contribution in [2.24, 2.45) is 7.05 Å². The van der Waals surface area contributed by atoms with Crippen LogP contribution < -0.4 is 4.57 Å². The number of ether oxygens (including phenoxy) is 1. The van der Waals surface area contributed by atoms with E-state index in [0.29, 0.717) is 0 Å². The van der Waals surface area contributed by atoms with Gasteiger partial charge < -0.3 is 4.74 Å². The van der Waals surface area contributed by atoms with Crippen molar-refractivity contribution in [1.82, 2.24) is 4.57 Å². The van der Waals surface area contributed by atoms with Crippen LogP contribution in [0.3, 0.4) is 0 Å². The highest BCUT2D eigenvalue weighted by atomic mass is 16.5. The molecule has 0 unspecified atom stereocenters. The summed E-state index contributed by atoms with van der Waals surface area (Å²) in [5.41, 5.74) is 0. The zero-order chi connectivity index (χ0) is 11.1. The third kappa shape index (κ3) is 3.67. The molecule has 1 aromatic rings. The Morgan fingerprint density at radius 3 is 2.80 bits per heavy atom. The van der Waals surface area contributed by atoms with Gasteiger partial charge in [0.15, 0.2) is 0 Å². The van der Waals surface area contributed by atoms with Crippen molar-refractivity contribution in [1.29, 1.82) is 0 Å². The monoisotopic (exact) mass is 211 g/mol. The van der Waals surface area contributed by atoms with E-state index in [1.165, 1.54) is 12.2 Å². The van der Waals surface area contributed by atoms with E-state index in [1.807, 2.05) is 6.92 Å². The van der Waals surface area contributed by atoms with E-state index < -0.39 is 0 Å². The second-order valence-electron chi connectivity index (χ2n) is 3.78. The van der Waals surface area contributed by atoms with Gasteiger partial charge in [-0.1, -0.05) is 6.92 Å². The fraction of sp³-hybridized carbons (Fsp3) is 0.750. The van der Waals surface area contributed by atoms with E-state index in [-0.39, 0.29) is 0 Å². The SMILES string of the molecule is CCOCCCCn1cc[n+](C)c1CC. The zero-order valence-electron chi connectivity index (χ0n) is 10.2. The highest BCUT2D eigenvalue weighted by Crippen LogP contribution is 2.00. The zero-order valence-corrected chi connectivity index (χ0v) is 10.2. The maximum atomic E-state index is 5.32. The minimum atomic E-state index is 0.832. The number of hydrogen-bond acceptors (Lipinski definition) is 1. The Labute approximate surface area is 92.7 Å². The highest BCUT2D eigenvalue weighted by Gasteiger charge is 2.10. The van der Waals surface area contributed by atoms with E-state index in [2.05, 4.69) is 35.5 Å². The number of aryl methyl sites for hydroxylation is 2. The summed E-state index contributed by atoms with van der Waals surface area (Å²) in [5.74, 6) is 1.39. The summed E-state index contributed by atoms with van der Waals surface area (Å²) in [5, 5.41) is 0. The number of aromatic nitrogens is 2. The minimum Gasteiger partial charge on any atom is -0.382 e. The Kier molecular flexibility index (Phi) is 5.40. The first-order valence-electron chi connectivity index (χ1n) is 5.91. The first kappa shape index (κ1) is 12.2. The highest BCUT2D eigenvalue weighted by molar-refractivity contribution is 4.82. The average molecular weight is 211 g/mol. The van der Waals surface area contributed by atoms with Crippen LogP contribution in [0, 0.1) is 0 Å². The maximum absolute atomic E-state index is 5.32. The lowest BCUT2D eigenvalue weighted by atomic mass is 10.3. The molecule has 0 spiro atoms. The standard InChI is InChI=1S/C12H23N2O/c1-4-12-13(3)9-10-14(12)8-6-7-11-15-5-2/h9-10H,4-8,11H2,1-3H3/q+1. The van der Waals surface area contributed by atoms with Crippen molar-refractivity contribution < 1.29 is 9.30 Å². The molecule has 0 saturated heterocycles. The molecule has 0 aliphatic heterocycles. The smallest absolute Gasteiger partial charge is 0.255 e. The molecule has 1 aromatic heterocycles. The number of hydrogen-bond donors (Lipinski definition) is 0. The quantitative estimate of drug-likeness (QED) is 0.496. The van der Waals surface area contributed by atoms with Gasteiger partial charge in [-0.15, -0.1) is 0 Å².